The minimum atomic E-state index is -0.455. The summed E-state index contributed by atoms with van der Waals surface area (Å²) in [5.74, 6) is 0.853. The molecule has 0 radical (unpaired) electrons. The van der Waals surface area contributed by atoms with Crippen LogP contribution in [0.25, 0.3) is 33.2 Å². The van der Waals surface area contributed by atoms with E-state index in [0.717, 1.165) is 104 Å². The van der Waals surface area contributed by atoms with E-state index >= 15 is 0 Å². The maximum Gasteiger partial charge on any atom is 0.249 e. The number of phenolic OH excluding ortho intramolecular Hbond substituents is 1. The molecule has 4 aromatic heterocycles. The van der Waals surface area contributed by atoms with Crippen LogP contribution >= 0.6 is 0 Å². The molecule has 9 rings (SSSR count). The number of pyridine rings is 1. The largest absolute Gasteiger partial charge is 0.507 e. The molecule has 0 saturated carbocycles. The van der Waals surface area contributed by atoms with Crippen LogP contribution in [0.5, 0.6) is 5.75 Å². The number of aryl methyl sites for hydroxylation is 2. The molecule has 3 aliphatic heterocycles. The van der Waals surface area contributed by atoms with Gasteiger partial charge in [0.15, 0.2) is 5.82 Å². The number of aromatic nitrogens is 6. The molecule has 3 fully saturated rings. The van der Waals surface area contributed by atoms with Gasteiger partial charge in [0.2, 0.25) is 17.8 Å². The number of imide groups is 1. The highest BCUT2D eigenvalue weighted by Gasteiger charge is 2.42. The summed E-state index contributed by atoms with van der Waals surface area (Å²) in [5, 5.41) is 23.5. The van der Waals surface area contributed by atoms with Crippen molar-refractivity contribution in [2.24, 2.45) is 0 Å². The number of nitrogens with two attached hydrogens (primary N) is 1. The fourth-order valence-corrected chi connectivity index (χ4v) is 9.04. The standard InChI is InChI=1S/C43H47N11O3/c1-51(19-5-7-27-12-15-35-33(21-27)31-10-4-18-45-41(31)54(35)36-16-17-39(56)48-42(36)57)20-6-8-28-23-46-43(47-24-28)53-29-13-14-30(53)26-52(25-29)37-22-34(49-50-40(37)44)32-9-2-3-11-38(32)55/h2-4,9-12,15,18,21-24,29-30,36,55H,5-8,13-14,16-17,19-20,25-26H2,1H3,(H2,44,50)(H,48,56,57). The van der Waals surface area contributed by atoms with Gasteiger partial charge >= 0.3 is 0 Å². The highest BCUT2D eigenvalue weighted by molar-refractivity contribution is 6.09. The topological polar surface area (TPSA) is 172 Å². The SMILES string of the molecule is CN(CCCc1cnc(N2C3CCC2CN(c2cc(-c4ccccc4O)nnc2N)C3)nc1)CCCc1ccc2c(c1)c1cccnc1n2C1CCC(=O)NC1=O. The van der Waals surface area contributed by atoms with Crippen LogP contribution in [0, 0.1) is 0 Å². The van der Waals surface area contributed by atoms with Crippen LogP contribution in [0.1, 0.15) is 55.7 Å². The van der Waals surface area contributed by atoms with Crippen LogP contribution in [0.15, 0.2) is 79.3 Å². The number of piperazine rings is 1. The molecular formula is C43H47N11O3. The molecule has 0 aliphatic carbocycles. The number of rotatable bonds is 12. The van der Waals surface area contributed by atoms with Gasteiger partial charge in [0.05, 0.1) is 16.9 Å². The van der Waals surface area contributed by atoms with E-state index in [1.807, 2.05) is 41.2 Å². The monoisotopic (exact) mass is 765 g/mol. The number of hydrogen-bond acceptors (Lipinski definition) is 12. The van der Waals surface area contributed by atoms with Crippen molar-refractivity contribution >= 4 is 51.2 Å². The number of hydrogen-bond donors (Lipinski definition) is 3. The number of phenols is 1. The maximum absolute atomic E-state index is 12.8. The molecule has 4 N–H and O–H groups in total. The summed E-state index contributed by atoms with van der Waals surface area (Å²) in [7, 11) is 2.18. The second-order valence-electron chi connectivity index (χ2n) is 15.7. The lowest BCUT2D eigenvalue weighted by Crippen LogP contribution is -2.54. The number of carbonyl (C=O) groups is 2. The second kappa shape index (κ2) is 15.4. The van der Waals surface area contributed by atoms with Crippen molar-refractivity contribution < 1.29 is 14.7 Å². The van der Waals surface area contributed by atoms with Gasteiger partial charge in [-0.2, -0.15) is 0 Å². The fraction of sp³-hybridized carbons (Fsp3) is 0.372. The molecule has 0 spiro atoms. The lowest BCUT2D eigenvalue weighted by atomic mass is 10.0. The molecule has 7 heterocycles. The first-order chi connectivity index (χ1) is 27.8. The molecule has 2 bridgehead atoms. The Hall–Kier alpha value is -6.15. The Morgan fingerprint density at radius 2 is 1.61 bits per heavy atom. The first-order valence-corrected chi connectivity index (χ1v) is 20.0. The smallest absolute Gasteiger partial charge is 0.249 e. The molecule has 14 heteroatoms. The molecule has 14 nitrogen and oxygen atoms in total. The van der Waals surface area contributed by atoms with Crippen molar-refractivity contribution in [3.63, 3.8) is 0 Å². The van der Waals surface area contributed by atoms with Crippen molar-refractivity contribution in [3.8, 4) is 17.0 Å². The third kappa shape index (κ3) is 7.21. The lowest BCUT2D eigenvalue weighted by molar-refractivity contribution is -0.135. The molecule has 3 atom stereocenters. The Kier molecular flexibility index (Phi) is 9.87. The summed E-state index contributed by atoms with van der Waals surface area (Å²) < 4.78 is 2.00. The van der Waals surface area contributed by atoms with E-state index in [1.165, 1.54) is 5.56 Å². The summed E-state index contributed by atoms with van der Waals surface area (Å²) in [6.07, 6.45) is 12.6. The zero-order chi connectivity index (χ0) is 39.0. The zero-order valence-corrected chi connectivity index (χ0v) is 32.1. The van der Waals surface area contributed by atoms with Crippen molar-refractivity contribution in [2.75, 3.05) is 48.8 Å². The van der Waals surface area contributed by atoms with Crippen molar-refractivity contribution in [2.45, 2.75) is 69.5 Å². The number of anilines is 3. The molecule has 3 unspecified atom stereocenters. The van der Waals surface area contributed by atoms with E-state index in [2.05, 4.69) is 66.5 Å². The Morgan fingerprint density at radius 3 is 2.37 bits per heavy atom. The average molecular weight is 766 g/mol. The first-order valence-electron chi connectivity index (χ1n) is 20.0. The van der Waals surface area contributed by atoms with Gasteiger partial charge in [-0.3, -0.25) is 14.9 Å². The number of aromatic hydroxyl groups is 1. The highest BCUT2D eigenvalue weighted by atomic mass is 16.3. The Morgan fingerprint density at radius 1 is 0.860 bits per heavy atom. The van der Waals surface area contributed by atoms with Gasteiger partial charge in [-0.1, -0.05) is 18.2 Å². The van der Waals surface area contributed by atoms with Crippen LogP contribution in [-0.2, 0) is 22.4 Å². The van der Waals surface area contributed by atoms with E-state index in [0.29, 0.717) is 29.9 Å². The summed E-state index contributed by atoms with van der Waals surface area (Å²) in [6, 6.07) is 19.6. The number of para-hydroxylation sites is 1. The minimum Gasteiger partial charge on any atom is -0.507 e. The lowest BCUT2D eigenvalue weighted by Gasteiger charge is -2.42. The zero-order valence-electron chi connectivity index (χ0n) is 32.1. The highest BCUT2D eigenvalue weighted by Crippen LogP contribution is 2.38. The third-order valence-corrected chi connectivity index (χ3v) is 11.9. The van der Waals surface area contributed by atoms with Gasteiger partial charge in [-0.25, -0.2) is 15.0 Å². The van der Waals surface area contributed by atoms with Gasteiger partial charge in [0.25, 0.3) is 0 Å². The first kappa shape index (κ1) is 36.5. The van der Waals surface area contributed by atoms with Crippen molar-refractivity contribution in [1.82, 2.24) is 39.9 Å². The Balaban J connectivity index is 0.766. The quantitative estimate of drug-likeness (QED) is 0.142. The van der Waals surface area contributed by atoms with Crippen LogP contribution in [-0.4, -0.2) is 96.8 Å². The van der Waals surface area contributed by atoms with Gasteiger partial charge in [0, 0.05) is 66.5 Å². The van der Waals surface area contributed by atoms with E-state index in [1.54, 1.807) is 18.3 Å². The molecule has 3 aliphatic rings. The van der Waals surface area contributed by atoms with Gasteiger partial charge < -0.3 is 30.1 Å². The number of carbonyl (C=O) groups excluding carboxylic acids is 2. The minimum absolute atomic E-state index is 0.164. The van der Waals surface area contributed by atoms with E-state index in [4.69, 9.17) is 15.7 Å². The number of amides is 2. The third-order valence-electron chi connectivity index (χ3n) is 11.9. The second-order valence-corrected chi connectivity index (χ2v) is 15.7. The predicted octanol–water partition coefficient (Wildman–Crippen LogP) is 5.06. The van der Waals surface area contributed by atoms with Crippen LogP contribution in [0.4, 0.5) is 17.5 Å². The van der Waals surface area contributed by atoms with Gasteiger partial charge in [-0.15, -0.1) is 10.2 Å². The van der Waals surface area contributed by atoms with Crippen molar-refractivity contribution in [1.29, 1.82) is 0 Å². The Bertz CT molecular complexity index is 2440. The molecule has 3 saturated heterocycles. The molecule has 57 heavy (non-hydrogen) atoms. The molecule has 2 aromatic carbocycles. The summed E-state index contributed by atoms with van der Waals surface area (Å²) in [6.45, 7) is 3.53. The van der Waals surface area contributed by atoms with Crippen LogP contribution in [0.2, 0.25) is 0 Å². The van der Waals surface area contributed by atoms with Crippen LogP contribution < -0.4 is 20.9 Å². The van der Waals surface area contributed by atoms with Gasteiger partial charge in [0.1, 0.15) is 17.4 Å². The van der Waals surface area contributed by atoms with E-state index in [-0.39, 0.29) is 29.6 Å². The number of nitrogen functional groups attached to an aromatic ring is 1. The summed E-state index contributed by atoms with van der Waals surface area (Å²) in [4.78, 5) is 46.0. The average Bonchev–Trinajstić information content (AvgIpc) is 3.68. The number of benzene rings is 2. The molecule has 292 valence electrons. The normalized spacial score (nSPS) is 19.6. The summed E-state index contributed by atoms with van der Waals surface area (Å²) >= 11 is 0. The Labute approximate surface area is 330 Å². The number of fused-ring (bicyclic) bond motifs is 5. The van der Waals surface area contributed by atoms with Crippen LogP contribution in [0.3, 0.4) is 0 Å². The fourth-order valence-electron chi connectivity index (χ4n) is 9.04. The number of nitrogens with one attached hydrogen (secondary N) is 1. The molecule has 6 aromatic rings. The number of nitrogens with zero attached hydrogens (tertiary/aromatic N) is 9. The molecular weight excluding hydrogens is 719 g/mol. The van der Waals surface area contributed by atoms with Gasteiger partial charge in [-0.05, 0) is 119 Å². The predicted molar refractivity (Wildman–Crippen MR) is 220 cm³/mol. The van der Waals surface area contributed by atoms with E-state index in [9.17, 15) is 14.7 Å². The molecule has 2 amide bonds. The number of piperidine rings is 1. The summed E-state index contributed by atoms with van der Waals surface area (Å²) in [5.41, 5.74) is 12.5. The van der Waals surface area contributed by atoms with E-state index < -0.39 is 6.04 Å². The maximum atomic E-state index is 12.8. The van der Waals surface area contributed by atoms with Crippen molar-refractivity contribution in [3.05, 3.63) is 90.4 Å².